The van der Waals surface area contributed by atoms with Crippen molar-refractivity contribution in [2.75, 3.05) is 31.1 Å². The molecule has 16 heteroatoms. The van der Waals surface area contributed by atoms with Crippen molar-refractivity contribution in [3.8, 4) is 11.1 Å². The zero-order valence-corrected chi connectivity index (χ0v) is 31.3. The Morgan fingerprint density at radius 1 is 0.981 bits per heavy atom. The Morgan fingerprint density at radius 3 is 2.19 bits per heavy atom. The molecule has 0 aliphatic carbocycles. The number of benzene rings is 2. The van der Waals surface area contributed by atoms with Crippen LogP contribution in [0.15, 0.2) is 72.9 Å². The number of nitrogens with two attached hydrogens (primary N) is 1. The molecule has 1 aromatic heterocycles. The minimum atomic E-state index is -1.40. The van der Waals surface area contributed by atoms with Crippen molar-refractivity contribution in [3.05, 3.63) is 95.8 Å². The van der Waals surface area contributed by atoms with Crippen LogP contribution in [0, 0.1) is 17.0 Å². The van der Waals surface area contributed by atoms with E-state index in [1.54, 1.807) is 17.2 Å². The number of nitrogens with one attached hydrogen (secondary N) is 1. The number of nitrogens with zero attached hydrogens (tertiary/aromatic N) is 3. The zero-order chi connectivity index (χ0) is 40.2. The van der Waals surface area contributed by atoms with Crippen LogP contribution in [0.25, 0.3) is 11.1 Å². The molecule has 2 heterocycles. The highest BCUT2D eigenvalue weighted by Gasteiger charge is 2.37. The van der Waals surface area contributed by atoms with Gasteiger partial charge in [0.15, 0.2) is 0 Å². The predicted molar refractivity (Wildman–Crippen MR) is 199 cm³/mol. The lowest BCUT2D eigenvalue weighted by atomic mass is 9.83. The van der Waals surface area contributed by atoms with Gasteiger partial charge in [0, 0.05) is 60.9 Å². The maximum atomic E-state index is 15.0. The Balaban J connectivity index is 0.00000186. The lowest BCUT2D eigenvalue weighted by Crippen LogP contribution is -2.48. The average Bonchev–Trinajstić information content (AvgIpc) is 3.64. The molecule has 0 saturated heterocycles. The summed E-state index contributed by atoms with van der Waals surface area (Å²) < 4.78 is 31.3. The summed E-state index contributed by atoms with van der Waals surface area (Å²) in [7, 11) is 0. The molecule has 2 unspecified atom stereocenters. The number of halogens is 2. The van der Waals surface area contributed by atoms with Crippen LogP contribution in [-0.4, -0.2) is 97.3 Å². The van der Waals surface area contributed by atoms with E-state index in [-0.39, 0.29) is 29.5 Å². The van der Waals surface area contributed by atoms with E-state index in [1.165, 1.54) is 0 Å². The summed E-state index contributed by atoms with van der Waals surface area (Å²) >= 11 is 1.01. The molecule has 0 bridgehead atoms. The van der Waals surface area contributed by atoms with Crippen molar-refractivity contribution in [2.45, 2.75) is 52.7 Å². The second-order valence-electron chi connectivity index (χ2n) is 13.5. The van der Waals surface area contributed by atoms with Crippen LogP contribution in [-0.2, 0) is 35.3 Å². The number of aliphatic carboxylic acids is 2. The molecule has 0 saturated carbocycles. The van der Waals surface area contributed by atoms with Crippen molar-refractivity contribution in [1.82, 2.24) is 19.7 Å². The van der Waals surface area contributed by atoms with Crippen LogP contribution in [0.5, 0.6) is 0 Å². The summed E-state index contributed by atoms with van der Waals surface area (Å²) in [5.41, 5.74) is 7.47. The van der Waals surface area contributed by atoms with E-state index < -0.39 is 65.3 Å². The molecule has 2 aromatic carbocycles. The molecule has 5 N–H and O–H groups in total. The molecular formula is C38H45F2N5O8S. The largest absolute Gasteiger partial charge is 0.481 e. The van der Waals surface area contributed by atoms with Gasteiger partial charge in [-0.2, -0.15) is 0 Å². The van der Waals surface area contributed by atoms with E-state index in [4.69, 9.17) is 15.6 Å². The molecular weight excluding hydrogens is 725 g/mol. The summed E-state index contributed by atoms with van der Waals surface area (Å²) in [4.78, 5) is 73.5. The highest BCUT2D eigenvalue weighted by Crippen LogP contribution is 2.41. The van der Waals surface area contributed by atoms with E-state index in [0.717, 1.165) is 54.6 Å². The van der Waals surface area contributed by atoms with Gasteiger partial charge < -0.3 is 30.7 Å². The maximum Gasteiger partial charge on any atom is 0.327 e. The van der Waals surface area contributed by atoms with Crippen LogP contribution >= 0.6 is 11.8 Å². The molecule has 3 aromatic rings. The van der Waals surface area contributed by atoms with E-state index in [0.29, 0.717) is 35.7 Å². The van der Waals surface area contributed by atoms with E-state index >= 15 is 4.39 Å². The van der Waals surface area contributed by atoms with E-state index in [1.807, 2.05) is 55.7 Å². The Labute approximate surface area is 316 Å². The molecule has 0 spiro atoms. The van der Waals surface area contributed by atoms with Crippen molar-refractivity contribution in [1.29, 1.82) is 0 Å². The molecule has 4 rings (SSSR count). The van der Waals surface area contributed by atoms with Gasteiger partial charge in [-0.05, 0) is 48.2 Å². The fourth-order valence-corrected chi connectivity index (χ4v) is 6.68. The van der Waals surface area contributed by atoms with Crippen LogP contribution in [0.3, 0.4) is 0 Å². The SMILES string of the molecule is CC(=O)O.CC(C)(C)C(c1cc(-c2cc(F)ccc2F)cn1Cc1ccccc1)N(CCCN)C(=O)CSCC(NC(=O)CN1C(=O)C=CC1=O)C(=O)O. The molecule has 0 fully saturated rings. The summed E-state index contributed by atoms with van der Waals surface area (Å²) in [5.74, 6) is -6.18. The maximum absolute atomic E-state index is 15.0. The molecule has 2 atom stereocenters. The number of carboxylic acid groups (broad SMARTS) is 2. The van der Waals surface area contributed by atoms with Gasteiger partial charge in [0.25, 0.3) is 17.8 Å². The third kappa shape index (κ3) is 12.4. The first-order chi connectivity index (χ1) is 25.4. The number of rotatable bonds is 16. The fourth-order valence-electron chi connectivity index (χ4n) is 5.76. The molecule has 0 radical (unpaired) electrons. The van der Waals surface area contributed by atoms with Crippen molar-refractivity contribution in [3.63, 3.8) is 0 Å². The number of carbonyl (C=O) groups is 6. The summed E-state index contributed by atoms with van der Waals surface area (Å²) in [6, 6.07) is 12.6. The molecule has 54 heavy (non-hydrogen) atoms. The summed E-state index contributed by atoms with van der Waals surface area (Å²) in [5, 5.41) is 19.5. The monoisotopic (exact) mass is 769 g/mol. The molecule has 290 valence electrons. The van der Waals surface area contributed by atoms with Gasteiger partial charge in [-0.3, -0.25) is 28.9 Å². The van der Waals surface area contributed by atoms with Gasteiger partial charge in [0.1, 0.15) is 24.2 Å². The average molecular weight is 770 g/mol. The lowest BCUT2D eigenvalue weighted by Gasteiger charge is -2.41. The summed E-state index contributed by atoms with van der Waals surface area (Å²) in [6.07, 6.45) is 4.25. The number of carbonyl (C=O) groups excluding carboxylic acids is 4. The molecule has 13 nitrogen and oxygen atoms in total. The van der Waals surface area contributed by atoms with Crippen LogP contribution < -0.4 is 11.1 Å². The quantitative estimate of drug-likeness (QED) is 0.155. The topological polar surface area (TPSA) is 192 Å². The highest BCUT2D eigenvalue weighted by atomic mass is 32.2. The Kier molecular flexibility index (Phi) is 15.7. The normalized spacial score (nSPS) is 13.6. The molecule has 1 aliphatic heterocycles. The van der Waals surface area contributed by atoms with Crippen LogP contribution in [0.2, 0.25) is 0 Å². The van der Waals surface area contributed by atoms with Crippen molar-refractivity contribution in [2.24, 2.45) is 11.1 Å². The van der Waals surface area contributed by atoms with Gasteiger partial charge in [-0.1, -0.05) is 51.1 Å². The first-order valence-electron chi connectivity index (χ1n) is 16.9. The number of hydrogen-bond donors (Lipinski definition) is 4. The van der Waals surface area contributed by atoms with Crippen molar-refractivity contribution >= 4 is 47.3 Å². The van der Waals surface area contributed by atoms with E-state index in [9.17, 15) is 33.5 Å². The van der Waals surface area contributed by atoms with E-state index in [2.05, 4.69) is 5.32 Å². The first kappa shape index (κ1) is 43.1. The number of carboxylic acids is 2. The Bertz CT molecular complexity index is 1840. The predicted octanol–water partition coefficient (Wildman–Crippen LogP) is 4.06. The van der Waals surface area contributed by atoms with Crippen LogP contribution in [0.4, 0.5) is 8.78 Å². The second kappa shape index (κ2) is 19.6. The fraction of sp³-hybridized carbons (Fsp3) is 0.368. The third-order valence-electron chi connectivity index (χ3n) is 8.05. The Morgan fingerprint density at radius 2 is 1.61 bits per heavy atom. The van der Waals surface area contributed by atoms with Gasteiger partial charge in [0.2, 0.25) is 11.8 Å². The minimum absolute atomic E-state index is 0.0811. The number of thioether (sulfide) groups is 1. The Hall–Kier alpha value is -5.35. The summed E-state index contributed by atoms with van der Waals surface area (Å²) in [6.45, 7) is 7.30. The number of imide groups is 1. The van der Waals surface area contributed by atoms with Crippen molar-refractivity contribution < 1.29 is 47.8 Å². The first-order valence-corrected chi connectivity index (χ1v) is 18.1. The minimum Gasteiger partial charge on any atom is -0.481 e. The zero-order valence-electron chi connectivity index (χ0n) is 30.5. The smallest absolute Gasteiger partial charge is 0.327 e. The molecule has 1 aliphatic rings. The van der Waals surface area contributed by atoms with Gasteiger partial charge in [-0.25, -0.2) is 13.6 Å². The molecule has 4 amide bonds. The number of amides is 4. The van der Waals surface area contributed by atoms with Crippen LogP contribution in [0.1, 0.15) is 51.4 Å². The third-order valence-corrected chi connectivity index (χ3v) is 9.07. The van der Waals surface area contributed by atoms with Gasteiger partial charge in [0.05, 0.1) is 11.8 Å². The lowest BCUT2D eigenvalue weighted by molar-refractivity contribution is -0.143. The van der Waals surface area contributed by atoms with Gasteiger partial charge in [-0.15, -0.1) is 11.8 Å². The standard InChI is InChI=1S/C36H41F2N5O6S.C2H4O2/c1-36(2,3)34(29-16-24(26-17-25(37)10-11-27(26)38)19-41(29)18-23-8-5-4-6-9-23)42(15-7-14-39)33(47)22-50-21-28(35(48)49)40-30(44)20-43-31(45)12-13-32(43)46;1-2(3)4/h4-6,8-13,16-17,19,28,34H,7,14-15,18,20-22,39H2,1-3H3,(H,40,44)(H,48,49);1H3,(H,3,4). The second-order valence-corrected chi connectivity index (χ2v) is 14.5. The highest BCUT2D eigenvalue weighted by molar-refractivity contribution is 8.00. The number of hydrogen-bond acceptors (Lipinski definition) is 8. The number of aromatic nitrogens is 1. The van der Waals surface area contributed by atoms with Gasteiger partial charge >= 0.3 is 5.97 Å².